The van der Waals surface area contributed by atoms with Crippen molar-refractivity contribution >= 4 is 22.0 Å². The maximum absolute atomic E-state index is 11.9. The summed E-state index contributed by atoms with van der Waals surface area (Å²) < 4.78 is 28.0. The predicted molar refractivity (Wildman–Crippen MR) is 73.6 cm³/mol. The lowest BCUT2D eigenvalue weighted by atomic mass is 10.3. The van der Waals surface area contributed by atoms with Gasteiger partial charge in [0.05, 0.1) is 0 Å². The highest BCUT2D eigenvalue weighted by Gasteiger charge is 2.24. The third-order valence-corrected chi connectivity index (χ3v) is 5.53. The minimum absolute atomic E-state index is 0.112. The van der Waals surface area contributed by atoms with Crippen LogP contribution in [0.5, 0.6) is 0 Å². The molecule has 1 fully saturated rings. The van der Waals surface area contributed by atoms with E-state index in [0.29, 0.717) is 6.54 Å². The Labute approximate surface area is 109 Å². The number of nitrogens with one attached hydrogen (secondary N) is 2. The van der Waals surface area contributed by atoms with Crippen LogP contribution in [0.25, 0.3) is 0 Å². The summed E-state index contributed by atoms with van der Waals surface area (Å²) in [4.78, 5) is 0. The summed E-state index contributed by atoms with van der Waals surface area (Å²) in [5.41, 5.74) is 0. The number of rotatable bonds is 8. The van der Waals surface area contributed by atoms with Crippen molar-refractivity contribution in [1.29, 1.82) is 0 Å². The van der Waals surface area contributed by atoms with Crippen LogP contribution in [0, 0.1) is 0 Å². The lowest BCUT2D eigenvalue weighted by molar-refractivity contribution is 0.439. The predicted octanol–water partition coefficient (Wildman–Crippen LogP) is 0.258. The number of thioether (sulfide) groups is 1. The Morgan fingerprint density at radius 3 is 2.82 bits per heavy atom. The van der Waals surface area contributed by atoms with Crippen LogP contribution in [0.2, 0.25) is 0 Å². The van der Waals surface area contributed by atoms with Crippen molar-refractivity contribution in [3.8, 4) is 0 Å². The molecule has 1 aliphatic heterocycles. The van der Waals surface area contributed by atoms with Crippen LogP contribution in [-0.2, 0) is 10.2 Å². The highest BCUT2D eigenvalue weighted by atomic mass is 32.2. The van der Waals surface area contributed by atoms with Gasteiger partial charge in [-0.1, -0.05) is 6.92 Å². The molecule has 102 valence electrons. The Bertz CT molecular complexity index is 303. The SMILES string of the molecule is CCNCCCN(C)S(=O)(=O)NC1CCSC1. The molecule has 1 unspecified atom stereocenters. The Kier molecular flexibility index (Phi) is 6.79. The van der Waals surface area contributed by atoms with Crippen molar-refractivity contribution in [2.24, 2.45) is 0 Å². The molecule has 1 heterocycles. The molecule has 2 N–H and O–H groups in total. The molecule has 7 heteroatoms. The van der Waals surface area contributed by atoms with Gasteiger partial charge in [0.15, 0.2) is 0 Å². The van der Waals surface area contributed by atoms with Gasteiger partial charge in [-0.05, 0) is 31.7 Å². The van der Waals surface area contributed by atoms with Crippen LogP contribution < -0.4 is 10.0 Å². The summed E-state index contributed by atoms with van der Waals surface area (Å²) >= 11 is 1.80. The van der Waals surface area contributed by atoms with Gasteiger partial charge in [-0.3, -0.25) is 0 Å². The minimum Gasteiger partial charge on any atom is -0.317 e. The van der Waals surface area contributed by atoms with Gasteiger partial charge in [-0.2, -0.15) is 29.2 Å². The van der Waals surface area contributed by atoms with Crippen molar-refractivity contribution in [3.63, 3.8) is 0 Å². The number of nitrogens with zero attached hydrogens (tertiary/aromatic N) is 1. The largest absolute Gasteiger partial charge is 0.317 e. The molecule has 0 saturated carbocycles. The van der Waals surface area contributed by atoms with Gasteiger partial charge in [-0.15, -0.1) is 0 Å². The lowest BCUT2D eigenvalue weighted by Gasteiger charge is -2.20. The molecular weight excluding hydrogens is 258 g/mol. The third-order valence-electron chi connectivity index (χ3n) is 2.73. The van der Waals surface area contributed by atoms with Gasteiger partial charge in [-0.25, -0.2) is 0 Å². The summed E-state index contributed by atoms with van der Waals surface area (Å²) in [6, 6.07) is 0.112. The summed E-state index contributed by atoms with van der Waals surface area (Å²) in [7, 11) is -1.65. The highest BCUT2D eigenvalue weighted by Crippen LogP contribution is 2.18. The van der Waals surface area contributed by atoms with Crippen molar-refractivity contribution in [1.82, 2.24) is 14.3 Å². The first-order valence-electron chi connectivity index (χ1n) is 6.08. The first kappa shape index (κ1) is 15.2. The van der Waals surface area contributed by atoms with E-state index >= 15 is 0 Å². The molecular formula is C10H23N3O2S2. The number of hydrogen-bond donors (Lipinski definition) is 2. The molecule has 1 saturated heterocycles. The topological polar surface area (TPSA) is 61.4 Å². The van der Waals surface area contributed by atoms with E-state index in [1.165, 1.54) is 4.31 Å². The number of hydrogen-bond acceptors (Lipinski definition) is 4. The molecule has 1 rings (SSSR count). The van der Waals surface area contributed by atoms with E-state index in [-0.39, 0.29) is 6.04 Å². The van der Waals surface area contributed by atoms with Crippen molar-refractivity contribution in [2.75, 3.05) is 38.2 Å². The molecule has 0 aromatic carbocycles. The Balaban J connectivity index is 2.29. The molecule has 5 nitrogen and oxygen atoms in total. The molecule has 0 spiro atoms. The average molecular weight is 281 g/mol. The van der Waals surface area contributed by atoms with Crippen LogP contribution in [0.4, 0.5) is 0 Å². The molecule has 0 aromatic rings. The fourth-order valence-electron chi connectivity index (χ4n) is 1.65. The smallest absolute Gasteiger partial charge is 0.279 e. The van der Waals surface area contributed by atoms with Crippen LogP contribution in [-0.4, -0.2) is 57.0 Å². The fraction of sp³-hybridized carbons (Fsp3) is 1.00. The second-order valence-electron chi connectivity index (χ2n) is 4.21. The quantitative estimate of drug-likeness (QED) is 0.627. The third kappa shape index (κ3) is 5.56. The van der Waals surface area contributed by atoms with Gasteiger partial charge in [0.1, 0.15) is 0 Å². The van der Waals surface area contributed by atoms with Crippen LogP contribution >= 0.6 is 11.8 Å². The highest BCUT2D eigenvalue weighted by molar-refractivity contribution is 7.99. The molecule has 1 aliphatic rings. The molecule has 1 atom stereocenters. The first-order valence-corrected chi connectivity index (χ1v) is 8.67. The molecule has 0 aromatic heterocycles. The second kappa shape index (κ2) is 7.58. The fourth-order valence-corrected chi connectivity index (χ4v) is 4.08. The second-order valence-corrected chi connectivity index (χ2v) is 7.17. The monoisotopic (exact) mass is 281 g/mol. The summed E-state index contributed by atoms with van der Waals surface area (Å²) in [5.74, 6) is 1.95. The molecule has 0 bridgehead atoms. The van der Waals surface area contributed by atoms with Gasteiger partial charge in [0.2, 0.25) is 0 Å². The zero-order valence-electron chi connectivity index (χ0n) is 10.6. The molecule has 0 amide bonds. The maximum Gasteiger partial charge on any atom is 0.279 e. The van der Waals surface area contributed by atoms with E-state index in [1.807, 2.05) is 6.92 Å². The van der Waals surface area contributed by atoms with Gasteiger partial charge in [0.25, 0.3) is 10.2 Å². The minimum atomic E-state index is -3.29. The maximum atomic E-state index is 11.9. The molecule has 0 radical (unpaired) electrons. The van der Waals surface area contributed by atoms with E-state index in [9.17, 15) is 8.42 Å². The van der Waals surface area contributed by atoms with Crippen LogP contribution in [0.15, 0.2) is 0 Å². The van der Waals surface area contributed by atoms with E-state index in [4.69, 9.17) is 0 Å². The van der Waals surface area contributed by atoms with Crippen molar-refractivity contribution in [2.45, 2.75) is 25.8 Å². The normalized spacial score (nSPS) is 21.2. The zero-order valence-corrected chi connectivity index (χ0v) is 12.2. The van der Waals surface area contributed by atoms with Crippen LogP contribution in [0.1, 0.15) is 19.8 Å². The van der Waals surface area contributed by atoms with Gasteiger partial charge in [0, 0.05) is 25.4 Å². The first-order chi connectivity index (χ1) is 8.06. The standard InChI is InChI=1S/C10H23N3O2S2/c1-3-11-6-4-7-13(2)17(14,15)12-10-5-8-16-9-10/h10-12H,3-9H2,1-2H3. The summed E-state index contributed by atoms with van der Waals surface area (Å²) in [5, 5.41) is 3.18. The molecule has 17 heavy (non-hydrogen) atoms. The lowest BCUT2D eigenvalue weighted by Crippen LogP contribution is -2.44. The Morgan fingerprint density at radius 2 is 2.24 bits per heavy atom. The van der Waals surface area contributed by atoms with Crippen molar-refractivity contribution in [3.05, 3.63) is 0 Å². The molecule has 0 aliphatic carbocycles. The average Bonchev–Trinajstić information content (AvgIpc) is 2.76. The van der Waals surface area contributed by atoms with E-state index in [1.54, 1.807) is 18.8 Å². The van der Waals surface area contributed by atoms with Gasteiger partial charge < -0.3 is 5.32 Å². The van der Waals surface area contributed by atoms with E-state index in [0.717, 1.165) is 37.4 Å². The zero-order chi connectivity index (χ0) is 12.7. The Morgan fingerprint density at radius 1 is 1.47 bits per heavy atom. The van der Waals surface area contributed by atoms with Crippen molar-refractivity contribution < 1.29 is 8.42 Å². The van der Waals surface area contributed by atoms with E-state index < -0.39 is 10.2 Å². The van der Waals surface area contributed by atoms with Gasteiger partial charge >= 0.3 is 0 Å². The summed E-state index contributed by atoms with van der Waals surface area (Å²) in [6.45, 7) is 4.38. The Hall–Kier alpha value is 0.180. The van der Waals surface area contributed by atoms with Crippen LogP contribution in [0.3, 0.4) is 0 Å². The van der Waals surface area contributed by atoms with E-state index in [2.05, 4.69) is 10.0 Å². The summed E-state index contributed by atoms with van der Waals surface area (Å²) in [6.07, 6.45) is 1.78.